The first-order valence-electron chi connectivity index (χ1n) is 11.8. The Bertz CT molecular complexity index is 880. The molecule has 7 nitrogen and oxygen atoms in total. The highest BCUT2D eigenvalue weighted by Crippen LogP contribution is 2.26. The molecule has 1 atom stereocenters. The van der Waals surface area contributed by atoms with Crippen molar-refractivity contribution >= 4 is 5.96 Å². The molecule has 0 spiro atoms. The van der Waals surface area contributed by atoms with Crippen molar-refractivity contribution < 1.29 is 9.47 Å². The second-order valence-corrected chi connectivity index (χ2v) is 8.54. The molecule has 1 aliphatic heterocycles. The average Bonchev–Trinajstić information content (AvgIpc) is 3.51. The van der Waals surface area contributed by atoms with Gasteiger partial charge in [0.05, 0.1) is 13.7 Å². The summed E-state index contributed by atoms with van der Waals surface area (Å²) in [5, 5.41) is 7.02. The fourth-order valence-electron chi connectivity index (χ4n) is 4.54. The molecular weight excluding hydrogens is 402 g/mol. The van der Waals surface area contributed by atoms with E-state index in [0.29, 0.717) is 24.2 Å². The molecule has 2 fully saturated rings. The molecule has 2 aromatic rings. The number of benzene rings is 1. The Morgan fingerprint density at radius 3 is 2.75 bits per heavy atom. The number of pyridine rings is 1. The molecule has 0 amide bonds. The minimum atomic E-state index is 0.463. The number of methoxy groups -OCH3 is 1. The van der Waals surface area contributed by atoms with Crippen LogP contribution in [0.4, 0.5) is 0 Å². The fraction of sp³-hybridized carbons (Fsp3) is 0.520. The minimum absolute atomic E-state index is 0.463. The quantitative estimate of drug-likeness (QED) is 0.481. The van der Waals surface area contributed by atoms with Crippen molar-refractivity contribution in [3.63, 3.8) is 0 Å². The highest BCUT2D eigenvalue weighted by molar-refractivity contribution is 5.80. The zero-order valence-corrected chi connectivity index (χ0v) is 19.2. The molecule has 172 valence electrons. The van der Waals surface area contributed by atoms with Gasteiger partial charge in [0.2, 0.25) is 5.88 Å². The van der Waals surface area contributed by atoms with E-state index in [0.717, 1.165) is 36.4 Å². The van der Waals surface area contributed by atoms with E-state index in [-0.39, 0.29) is 0 Å². The van der Waals surface area contributed by atoms with E-state index < -0.39 is 0 Å². The molecular formula is C25H35N5O2. The number of ether oxygens (including phenoxy) is 2. The van der Waals surface area contributed by atoms with Gasteiger partial charge >= 0.3 is 0 Å². The van der Waals surface area contributed by atoms with Crippen LogP contribution in [-0.4, -0.2) is 54.7 Å². The van der Waals surface area contributed by atoms with Crippen molar-refractivity contribution in [2.45, 2.75) is 57.7 Å². The van der Waals surface area contributed by atoms with Crippen molar-refractivity contribution in [2.75, 3.05) is 26.7 Å². The monoisotopic (exact) mass is 437 g/mol. The summed E-state index contributed by atoms with van der Waals surface area (Å²) in [6.07, 6.45) is 8.51. The first-order valence-corrected chi connectivity index (χ1v) is 11.8. The van der Waals surface area contributed by atoms with Gasteiger partial charge in [-0.25, -0.2) is 9.98 Å². The molecule has 7 heteroatoms. The van der Waals surface area contributed by atoms with Gasteiger partial charge in [0.1, 0.15) is 11.5 Å². The van der Waals surface area contributed by atoms with Crippen LogP contribution in [0.3, 0.4) is 0 Å². The number of hydrogen-bond acceptors (Lipinski definition) is 5. The molecule has 1 saturated carbocycles. The number of nitrogens with one attached hydrogen (secondary N) is 2. The first-order chi connectivity index (χ1) is 15.7. The third kappa shape index (κ3) is 6.13. The van der Waals surface area contributed by atoms with Crippen LogP contribution in [0, 0.1) is 0 Å². The topological polar surface area (TPSA) is 71.0 Å². The maximum atomic E-state index is 5.82. The number of aliphatic imine (C=N–C) groups is 1. The molecule has 1 aliphatic carbocycles. The summed E-state index contributed by atoms with van der Waals surface area (Å²) in [6, 6.07) is 12.6. The van der Waals surface area contributed by atoms with Crippen molar-refractivity contribution in [1.82, 2.24) is 20.5 Å². The fourth-order valence-corrected chi connectivity index (χ4v) is 4.54. The number of likely N-dealkylation sites (tertiary alicyclic amines) is 1. The van der Waals surface area contributed by atoms with Crippen LogP contribution < -0.4 is 20.1 Å². The van der Waals surface area contributed by atoms with Crippen molar-refractivity contribution in [2.24, 2.45) is 4.99 Å². The van der Waals surface area contributed by atoms with Crippen LogP contribution in [0.1, 0.15) is 44.6 Å². The normalized spacial score (nSPS) is 19.8. The smallest absolute Gasteiger partial charge is 0.219 e. The number of hydrogen-bond donors (Lipinski definition) is 2. The largest absolute Gasteiger partial charge is 0.497 e. The van der Waals surface area contributed by atoms with Crippen molar-refractivity contribution in [1.29, 1.82) is 0 Å². The second-order valence-electron chi connectivity index (χ2n) is 8.54. The van der Waals surface area contributed by atoms with Gasteiger partial charge < -0.3 is 20.1 Å². The van der Waals surface area contributed by atoms with E-state index in [9.17, 15) is 0 Å². The molecule has 4 rings (SSSR count). The zero-order chi connectivity index (χ0) is 22.2. The first kappa shape index (κ1) is 22.4. The van der Waals surface area contributed by atoms with Crippen LogP contribution in [-0.2, 0) is 6.54 Å². The third-order valence-electron chi connectivity index (χ3n) is 6.23. The van der Waals surface area contributed by atoms with Gasteiger partial charge in [-0.15, -0.1) is 0 Å². The molecule has 0 radical (unpaired) electrons. The summed E-state index contributed by atoms with van der Waals surface area (Å²) >= 11 is 0. The summed E-state index contributed by atoms with van der Waals surface area (Å²) in [4.78, 5) is 11.9. The van der Waals surface area contributed by atoms with Gasteiger partial charge in [-0.2, -0.15) is 0 Å². The van der Waals surface area contributed by atoms with Crippen LogP contribution in [0.5, 0.6) is 17.4 Å². The van der Waals surface area contributed by atoms with E-state index in [2.05, 4.69) is 27.4 Å². The lowest BCUT2D eigenvalue weighted by Crippen LogP contribution is -2.45. The molecule has 0 bridgehead atoms. The van der Waals surface area contributed by atoms with Crippen LogP contribution in [0.15, 0.2) is 47.6 Å². The third-order valence-corrected chi connectivity index (χ3v) is 6.23. The lowest BCUT2D eigenvalue weighted by molar-refractivity contribution is 0.242. The Kier molecular flexibility index (Phi) is 7.82. The summed E-state index contributed by atoms with van der Waals surface area (Å²) in [5.41, 5.74) is 1.04. The minimum Gasteiger partial charge on any atom is -0.497 e. The van der Waals surface area contributed by atoms with Crippen LogP contribution in [0.2, 0.25) is 0 Å². The number of nitrogens with zero attached hydrogens (tertiary/aromatic N) is 3. The Hall–Kier alpha value is -2.80. The van der Waals surface area contributed by atoms with Gasteiger partial charge in [0.15, 0.2) is 5.96 Å². The summed E-state index contributed by atoms with van der Waals surface area (Å²) in [5.74, 6) is 2.88. The second kappa shape index (κ2) is 11.2. The summed E-state index contributed by atoms with van der Waals surface area (Å²) < 4.78 is 11.1. The van der Waals surface area contributed by atoms with E-state index in [1.165, 1.54) is 38.6 Å². The highest BCUT2D eigenvalue weighted by Gasteiger charge is 2.30. The SMILES string of the molecule is CCNC(=NCc1ccc(Oc2cccc(OC)c2)nc1)NC1CCN(C2CCCC2)C1. The Morgan fingerprint density at radius 1 is 1.16 bits per heavy atom. The van der Waals surface area contributed by atoms with Crippen LogP contribution >= 0.6 is 0 Å². The zero-order valence-electron chi connectivity index (χ0n) is 19.2. The van der Waals surface area contributed by atoms with E-state index in [1.54, 1.807) is 7.11 Å². The lowest BCUT2D eigenvalue weighted by Gasteiger charge is -2.24. The van der Waals surface area contributed by atoms with E-state index in [4.69, 9.17) is 14.5 Å². The van der Waals surface area contributed by atoms with Gasteiger partial charge in [-0.1, -0.05) is 25.0 Å². The molecule has 1 aromatic carbocycles. The predicted octanol–water partition coefficient (Wildman–Crippen LogP) is 3.95. The molecule has 2 aliphatic rings. The molecule has 32 heavy (non-hydrogen) atoms. The Morgan fingerprint density at radius 2 is 2.00 bits per heavy atom. The predicted molar refractivity (Wildman–Crippen MR) is 127 cm³/mol. The molecule has 1 unspecified atom stereocenters. The lowest BCUT2D eigenvalue weighted by atomic mass is 10.2. The van der Waals surface area contributed by atoms with Gasteiger partial charge in [0.25, 0.3) is 0 Å². The maximum Gasteiger partial charge on any atom is 0.219 e. The molecule has 1 saturated heterocycles. The molecule has 2 N–H and O–H groups in total. The van der Waals surface area contributed by atoms with Crippen LogP contribution in [0.25, 0.3) is 0 Å². The van der Waals surface area contributed by atoms with E-state index in [1.807, 2.05) is 42.6 Å². The van der Waals surface area contributed by atoms with E-state index >= 15 is 0 Å². The number of aromatic nitrogens is 1. The summed E-state index contributed by atoms with van der Waals surface area (Å²) in [6.45, 7) is 5.83. The number of rotatable bonds is 8. The molecule has 1 aromatic heterocycles. The van der Waals surface area contributed by atoms with Gasteiger partial charge in [0, 0.05) is 50.0 Å². The van der Waals surface area contributed by atoms with Gasteiger partial charge in [-0.3, -0.25) is 4.90 Å². The van der Waals surface area contributed by atoms with Gasteiger partial charge in [-0.05, 0) is 43.9 Å². The van der Waals surface area contributed by atoms with Crippen molar-refractivity contribution in [3.05, 3.63) is 48.2 Å². The Labute approximate surface area is 191 Å². The standard InChI is InChI=1S/C25H35N5O2/c1-3-26-25(29-20-13-14-30(18-20)21-7-4-5-8-21)28-17-19-11-12-24(27-16-19)32-23-10-6-9-22(15-23)31-2/h6,9-12,15-16,20-21H,3-5,7-8,13-14,17-18H2,1-2H3,(H2,26,28,29). The Balaban J connectivity index is 1.30. The molecule has 2 heterocycles. The van der Waals surface area contributed by atoms with Crippen molar-refractivity contribution in [3.8, 4) is 17.4 Å². The number of guanidine groups is 1. The summed E-state index contributed by atoms with van der Waals surface area (Å²) in [7, 11) is 1.64. The average molecular weight is 438 g/mol. The highest BCUT2D eigenvalue weighted by atomic mass is 16.5. The maximum absolute atomic E-state index is 5.82.